The van der Waals surface area contributed by atoms with Crippen LogP contribution in [0.5, 0.6) is 0 Å². The highest BCUT2D eigenvalue weighted by molar-refractivity contribution is 6.00. The van der Waals surface area contributed by atoms with E-state index in [9.17, 15) is 14.8 Å². The average molecular weight is 271 g/mol. The highest BCUT2D eigenvalue weighted by atomic mass is 16.5. The Bertz CT molecular complexity index is 686. The fourth-order valence-electron chi connectivity index (χ4n) is 1.94. The number of aliphatic hydroxyl groups excluding tert-OH is 1. The molecule has 0 bridgehead atoms. The first-order chi connectivity index (χ1) is 9.69. The largest absolute Gasteiger partial charge is 0.505 e. The van der Waals surface area contributed by atoms with E-state index in [-0.39, 0.29) is 6.61 Å². The average Bonchev–Trinajstić information content (AvgIpc) is 2.47. The molecule has 2 aromatic carbocycles. The highest BCUT2D eigenvalue weighted by Gasteiger charge is 2.20. The van der Waals surface area contributed by atoms with Crippen molar-refractivity contribution in [2.24, 2.45) is 5.18 Å². The van der Waals surface area contributed by atoms with Crippen molar-refractivity contribution in [3.05, 3.63) is 58.6 Å². The van der Waals surface area contributed by atoms with Crippen LogP contribution in [0.15, 0.2) is 53.3 Å². The van der Waals surface area contributed by atoms with Gasteiger partial charge in [-0.2, -0.15) is 0 Å². The number of fused-ring (bicyclic) bond motifs is 1. The van der Waals surface area contributed by atoms with Gasteiger partial charge < -0.3 is 9.84 Å². The van der Waals surface area contributed by atoms with Crippen LogP contribution in [0, 0.1) is 4.91 Å². The van der Waals surface area contributed by atoms with Crippen molar-refractivity contribution in [3.63, 3.8) is 0 Å². The predicted octanol–water partition coefficient (Wildman–Crippen LogP) is 3.40. The van der Waals surface area contributed by atoms with Gasteiger partial charge in [0.15, 0.2) is 5.76 Å². The fourth-order valence-corrected chi connectivity index (χ4v) is 1.94. The maximum absolute atomic E-state index is 11.6. The smallest absolute Gasteiger partial charge is 0.364 e. The zero-order valence-electron chi connectivity index (χ0n) is 10.9. The molecule has 0 spiro atoms. The monoisotopic (exact) mass is 271 g/mol. The number of rotatable bonds is 4. The molecule has 102 valence electrons. The van der Waals surface area contributed by atoms with Crippen molar-refractivity contribution in [2.45, 2.75) is 6.92 Å². The molecular weight excluding hydrogens is 258 g/mol. The molecule has 0 amide bonds. The van der Waals surface area contributed by atoms with Crippen molar-refractivity contribution < 1.29 is 14.6 Å². The van der Waals surface area contributed by atoms with Crippen molar-refractivity contribution in [1.82, 2.24) is 0 Å². The van der Waals surface area contributed by atoms with Crippen LogP contribution in [0.4, 0.5) is 0 Å². The lowest BCUT2D eigenvalue weighted by Crippen LogP contribution is -2.08. The second-order valence-corrected chi connectivity index (χ2v) is 4.04. The number of benzene rings is 2. The molecule has 0 aliphatic carbocycles. The molecule has 0 saturated carbocycles. The van der Waals surface area contributed by atoms with Gasteiger partial charge in [-0.25, -0.2) is 4.79 Å². The lowest BCUT2D eigenvalue weighted by molar-refractivity contribution is -0.138. The minimum atomic E-state index is -0.937. The Morgan fingerprint density at radius 3 is 2.60 bits per heavy atom. The minimum absolute atomic E-state index is 0.0979. The van der Waals surface area contributed by atoms with Gasteiger partial charge in [0, 0.05) is 5.56 Å². The van der Waals surface area contributed by atoms with E-state index in [1.807, 2.05) is 18.2 Å². The molecule has 0 saturated heterocycles. The Balaban J connectivity index is 2.62. The summed E-state index contributed by atoms with van der Waals surface area (Å²) < 4.78 is 4.70. The van der Waals surface area contributed by atoms with Crippen LogP contribution >= 0.6 is 0 Å². The van der Waals surface area contributed by atoms with Crippen LogP contribution < -0.4 is 0 Å². The first kappa shape index (κ1) is 13.7. The van der Waals surface area contributed by atoms with E-state index in [0.717, 1.165) is 10.8 Å². The fraction of sp³-hybridized carbons (Fsp3) is 0.133. The Morgan fingerprint density at radius 2 is 1.90 bits per heavy atom. The van der Waals surface area contributed by atoms with Crippen LogP contribution in [0.25, 0.3) is 16.5 Å². The Morgan fingerprint density at radius 1 is 1.20 bits per heavy atom. The predicted molar refractivity (Wildman–Crippen MR) is 75.9 cm³/mol. The van der Waals surface area contributed by atoms with E-state index in [4.69, 9.17) is 4.74 Å². The molecule has 0 fully saturated rings. The van der Waals surface area contributed by atoms with Crippen LogP contribution in [0.1, 0.15) is 12.5 Å². The first-order valence-corrected chi connectivity index (χ1v) is 6.11. The van der Waals surface area contributed by atoms with Gasteiger partial charge in [-0.15, -0.1) is 4.91 Å². The topological polar surface area (TPSA) is 76.0 Å². The number of hydrogen-bond donors (Lipinski definition) is 1. The number of carbonyl (C=O) groups is 1. The molecule has 0 heterocycles. The first-order valence-electron chi connectivity index (χ1n) is 6.11. The summed E-state index contributed by atoms with van der Waals surface area (Å²) in [5.74, 6) is -1.41. The summed E-state index contributed by atoms with van der Waals surface area (Å²) in [7, 11) is 0. The normalized spacial score (nSPS) is 11.8. The summed E-state index contributed by atoms with van der Waals surface area (Å²) in [4.78, 5) is 22.4. The van der Waals surface area contributed by atoms with Crippen LogP contribution in [0.2, 0.25) is 0 Å². The van der Waals surface area contributed by atoms with E-state index in [2.05, 4.69) is 5.18 Å². The molecule has 0 aliphatic rings. The number of esters is 1. The molecule has 2 rings (SSSR count). The third-order valence-corrected chi connectivity index (χ3v) is 2.83. The van der Waals surface area contributed by atoms with Crippen LogP contribution in [-0.2, 0) is 9.53 Å². The van der Waals surface area contributed by atoms with Gasteiger partial charge in [-0.3, -0.25) is 0 Å². The summed E-state index contributed by atoms with van der Waals surface area (Å²) in [6.07, 6.45) is 0. The van der Waals surface area contributed by atoms with E-state index in [1.54, 1.807) is 31.2 Å². The number of aliphatic hydroxyl groups is 1. The molecule has 5 nitrogen and oxygen atoms in total. The second-order valence-electron chi connectivity index (χ2n) is 4.04. The Kier molecular flexibility index (Phi) is 4.10. The summed E-state index contributed by atoms with van der Waals surface area (Å²) in [6.45, 7) is 1.70. The van der Waals surface area contributed by atoms with Gasteiger partial charge in [-0.05, 0) is 22.9 Å². The Hall–Kier alpha value is -2.69. The van der Waals surface area contributed by atoms with Crippen LogP contribution in [0.3, 0.4) is 0 Å². The highest BCUT2D eigenvalue weighted by Crippen LogP contribution is 2.26. The van der Waals surface area contributed by atoms with Crippen molar-refractivity contribution in [1.29, 1.82) is 0 Å². The molecule has 0 atom stereocenters. The quantitative estimate of drug-likeness (QED) is 0.400. The summed E-state index contributed by atoms with van der Waals surface area (Å²) in [5, 5.41) is 14.4. The van der Waals surface area contributed by atoms with Gasteiger partial charge in [0.25, 0.3) is 0 Å². The number of hydrogen-bond acceptors (Lipinski definition) is 5. The number of nitrogens with zero attached hydrogens (tertiary/aromatic N) is 1. The van der Waals surface area contributed by atoms with Crippen LogP contribution in [-0.4, -0.2) is 17.7 Å². The number of ether oxygens (including phenoxy) is 1. The Labute approximate surface area is 115 Å². The zero-order valence-corrected chi connectivity index (χ0v) is 10.9. The van der Waals surface area contributed by atoms with E-state index in [0.29, 0.717) is 5.56 Å². The van der Waals surface area contributed by atoms with Crippen molar-refractivity contribution in [2.75, 3.05) is 6.61 Å². The molecule has 0 aliphatic heterocycles. The molecule has 2 aromatic rings. The minimum Gasteiger partial charge on any atom is -0.505 e. The summed E-state index contributed by atoms with van der Waals surface area (Å²) in [5.41, 5.74) is -0.256. The summed E-state index contributed by atoms with van der Waals surface area (Å²) >= 11 is 0. The molecule has 5 heteroatoms. The lowest BCUT2D eigenvalue weighted by atomic mass is 10.0. The SMILES string of the molecule is CCOC(=O)C(N=O)=C(O)c1cccc2ccccc12. The molecule has 0 unspecified atom stereocenters. The van der Waals surface area contributed by atoms with E-state index in [1.165, 1.54) is 0 Å². The van der Waals surface area contributed by atoms with Gasteiger partial charge in [0.2, 0.25) is 5.70 Å². The van der Waals surface area contributed by atoms with Gasteiger partial charge in [0.1, 0.15) is 0 Å². The second kappa shape index (κ2) is 5.97. The van der Waals surface area contributed by atoms with Gasteiger partial charge in [0.05, 0.1) is 6.61 Å². The maximum Gasteiger partial charge on any atom is 0.364 e. The van der Waals surface area contributed by atoms with Crippen molar-refractivity contribution >= 4 is 22.5 Å². The third kappa shape index (κ3) is 2.51. The maximum atomic E-state index is 11.6. The summed E-state index contributed by atoms with van der Waals surface area (Å²) in [6, 6.07) is 12.5. The molecule has 20 heavy (non-hydrogen) atoms. The number of carbonyl (C=O) groups excluding carboxylic acids is 1. The lowest BCUT2D eigenvalue weighted by Gasteiger charge is -2.07. The zero-order chi connectivity index (χ0) is 14.5. The van der Waals surface area contributed by atoms with E-state index < -0.39 is 17.4 Å². The van der Waals surface area contributed by atoms with Crippen molar-refractivity contribution in [3.8, 4) is 0 Å². The molecule has 0 aromatic heterocycles. The standard InChI is InChI=1S/C15H13NO4/c1-2-20-15(18)13(16-19)14(17)12-9-5-7-10-6-3-4-8-11(10)12/h3-9,17H,2H2,1H3. The number of nitroso groups, excluding NO2 is 1. The third-order valence-electron chi connectivity index (χ3n) is 2.83. The molecule has 1 N–H and O–H groups in total. The van der Waals surface area contributed by atoms with E-state index >= 15 is 0 Å². The van der Waals surface area contributed by atoms with Gasteiger partial charge in [-0.1, -0.05) is 42.5 Å². The van der Waals surface area contributed by atoms with Gasteiger partial charge >= 0.3 is 5.97 Å². The molecule has 0 radical (unpaired) electrons. The molecular formula is C15H13NO4.